The molecule has 0 bridgehead atoms. The fourth-order valence-electron chi connectivity index (χ4n) is 2.47. The summed E-state index contributed by atoms with van der Waals surface area (Å²) < 4.78 is 0. The molecule has 1 atom stereocenters. The van der Waals surface area contributed by atoms with Crippen LogP contribution in [0.15, 0.2) is 29.2 Å². The molecule has 2 rings (SSSR count). The summed E-state index contributed by atoms with van der Waals surface area (Å²) in [6.45, 7) is 3.74. The lowest BCUT2D eigenvalue weighted by atomic mass is 10.3. The topological polar surface area (TPSA) is 92.5 Å². The molecule has 1 N–H and O–H groups in total. The smallest absolute Gasteiger partial charge is 0.269 e. The number of nitrogens with zero attached hydrogens (tertiary/aromatic N) is 2. The molecule has 1 aromatic carbocycles. The summed E-state index contributed by atoms with van der Waals surface area (Å²) in [5.74, 6) is -0.0592. The third-order valence-electron chi connectivity index (χ3n) is 3.83. The van der Waals surface area contributed by atoms with Gasteiger partial charge >= 0.3 is 0 Å². The minimum Gasteiger partial charge on any atom is -0.355 e. The highest BCUT2D eigenvalue weighted by Gasteiger charge is 2.19. The number of hydrogen-bond acceptors (Lipinski definition) is 5. The minimum atomic E-state index is -0.456. The zero-order valence-corrected chi connectivity index (χ0v) is 14.4. The number of benzene rings is 1. The van der Waals surface area contributed by atoms with Gasteiger partial charge < -0.3 is 10.2 Å². The fourth-order valence-corrected chi connectivity index (χ4v) is 3.36. The maximum absolute atomic E-state index is 12.1. The maximum Gasteiger partial charge on any atom is 0.269 e. The number of nitro groups is 1. The zero-order valence-electron chi connectivity index (χ0n) is 13.6. The average molecular weight is 351 g/mol. The number of thioether (sulfide) groups is 1. The van der Waals surface area contributed by atoms with Crippen molar-refractivity contribution in [1.29, 1.82) is 0 Å². The van der Waals surface area contributed by atoms with E-state index in [0.29, 0.717) is 13.0 Å². The summed E-state index contributed by atoms with van der Waals surface area (Å²) in [5, 5.41) is 13.0. The van der Waals surface area contributed by atoms with Gasteiger partial charge in [-0.1, -0.05) is 0 Å². The Kier molecular flexibility index (Phi) is 6.60. The molecule has 1 aliphatic heterocycles. The van der Waals surface area contributed by atoms with Gasteiger partial charge in [0.25, 0.3) is 5.69 Å². The SMILES string of the molecule is CC(Sc1ccc([N+](=O)[O-])cc1)C(=O)NCCC(=O)N1CCCC1. The Morgan fingerprint density at radius 2 is 1.92 bits per heavy atom. The van der Waals surface area contributed by atoms with Crippen molar-refractivity contribution in [2.24, 2.45) is 0 Å². The van der Waals surface area contributed by atoms with Crippen LogP contribution in [-0.2, 0) is 9.59 Å². The van der Waals surface area contributed by atoms with Crippen LogP contribution < -0.4 is 5.32 Å². The summed E-state index contributed by atoms with van der Waals surface area (Å²) in [6.07, 6.45) is 2.43. The maximum atomic E-state index is 12.1. The van der Waals surface area contributed by atoms with Crippen molar-refractivity contribution in [3.63, 3.8) is 0 Å². The van der Waals surface area contributed by atoms with E-state index < -0.39 is 4.92 Å². The van der Waals surface area contributed by atoms with Gasteiger partial charge in [0, 0.05) is 43.1 Å². The molecule has 8 heteroatoms. The van der Waals surface area contributed by atoms with E-state index in [1.807, 2.05) is 4.90 Å². The summed E-state index contributed by atoms with van der Waals surface area (Å²) in [4.78, 5) is 36.7. The molecule has 1 heterocycles. The van der Waals surface area contributed by atoms with Crippen LogP contribution in [0.3, 0.4) is 0 Å². The molecule has 7 nitrogen and oxygen atoms in total. The predicted molar refractivity (Wildman–Crippen MR) is 91.9 cm³/mol. The van der Waals surface area contributed by atoms with Gasteiger partial charge in [-0.25, -0.2) is 0 Å². The number of carbonyl (C=O) groups excluding carboxylic acids is 2. The first-order chi connectivity index (χ1) is 11.5. The van der Waals surface area contributed by atoms with E-state index in [-0.39, 0.29) is 22.8 Å². The Labute approximate surface area is 144 Å². The number of nitro benzene ring substituents is 1. The largest absolute Gasteiger partial charge is 0.355 e. The van der Waals surface area contributed by atoms with E-state index >= 15 is 0 Å². The molecule has 0 saturated carbocycles. The molecule has 1 fully saturated rings. The van der Waals surface area contributed by atoms with Crippen molar-refractivity contribution in [3.05, 3.63) is 34.4 Å². The van der Waals surface area contributed by atoms with E-state index in [1.54, 1.807) is 19.1 Å². The van der Waals surface area contributed by atoms with E-state index in [4.69, 9.17) is 0 Å². The highest BCUT2D eigenvalue weighted by atomic mass is 32.2. The molecule has 1 aromatic rings. The lowest BCUT2D eigenvalue weighted by Gasteiger charge is -2.16. The van der Waals surface area contributed by atoms with E-state index in [1.165, 1.54) is 23.9 Å². The summed E-state index contributed by atoms with van der Waals surface area (Å²) in [6, 6.07) is 6.09. The van der Waals surface area contributed by atoms with Crippen molar-refractivity contribution >= 4 is 29.3 Å². The summed E-state index contributed by atoms with van der Waals surface area (Å²) in [7, 11) is 0. The molecule has 130 valence electrons. The molecular formula is C16H21N3O4S. The van der Waals surface area contributed by atoms with Gasteiger partial charge in [0.05, 0.1) is 10.2 Å². The van der Waals surface area contributed by atoms with Crippen molar-refractivity contribution < 1.29 is 14.5 Å². The molecule has 1 unspecified atom stereocenters. The van der Waals surface area contributed by atoms with Crippen LogP contribution in [0.5, 0.6) is 0 Å². The highest BCUT2D eigenvalue weighted by Crippen LogP contribution is 2.25. The molecule has 1 saturated heterocycles. The van der Waals surface area contributed by atoms with E-state index in [0.717, 1.165) is 30.8 Å². The third-order valence-corrected chi connectivity index (χ3v) is 4.94. The predicted octanol–water partition coefficient (Wildman–Crippen LogP) is 2.20. The molecule has 1 aliphatic rings. The average Bonchev–Trinajstić information content (AvgIpc) is 3.09. The van der Waals surface area contributed by atoms with Crippen LogP contribution in [0.2, 0.25) is 0 Å². The summed E-state index contributed by atoms with van der Waals surface area (Å²) in [5.41, 5.74) is 0.0249. The van der Waals surface area contributed by atoms with Crippen LogP contribution in [0, 0.1) is 10.1 Å². The Balaban J connectivity index is 1.73. The fraction of sp³-hybridized carbons (Fsp3) is 0.500. The number of non-ortho nitro benzene ring substituents is 1. The second-order valence-corrected chi connectivity index (χ2v) is 7.05. The van der Waals surface area contributed by atoms with Crippen molar-refractivity contribution in [3.8, 4) is 0 Å². The standard InChI is InChI=1S/C16H21N3O4S/c1-12(24-14-6-4-13(5-7-14)19(22)23)16(21)17-9-8-15(20)18-10-2-3-11-18/h4-7,12H,2-3,8-11H2,1H3,(H,17,21). The van der Waals surface area contributed by atoms with Gasteiger partial charge in [-0.2, -0.15) is 0 Å². The Morgan fingerprint density at radius 1 is 1.29 bits per heavy atom. The zero-order chi connectivity index (χ0) is 17.5. The van der Waals surface area contributed by atoms with E-state index in [2.05, 4.69) is 5.32 Å². The second-order valence-electron chi connectivity index (χ2n) is 5.64. The van der Waals surface area contributed by atoms with Gasteiger partial charge in [-0.3, -0.25) is 19.7 Å². The number of carbonyl (C=O) groups is 2. The van der Waals surface area contributed by atoms with Gasteiger partial charge in [-0.05, 0) is 31.9 Å². The Bertz CT molecular complexity index is 600. The summed E-state index contributed by atoms with van der Waals surface area (Å²) >= 11 is 1.33. The van der Waals surface area contributed by atoms with Crippen LogP contribution in [-0.4, -0.2) is 46.5 Å². The molecule has 0 radical (unpaired) electrons. The molecule has 0 aliphatic carbocycles. The monoisotopic (exact) mass is 351 g/mol. The van der Waals surface area contributed by atoms with Gasteiger partial charge in [0.15, 0.2) is 0 Å². The number of hydrogen-bond donors (Lipinski definition) is 1. The molecular weight excluding hydrogens is 330 g/mol. The van der Waals surface area contributed by atoms with Crippen LogP contribution in [0.25, 0.3) is 0 Å². The first-order valence-electron chi connectivity index (χ1n) is 7.94. The Morgan fingerprint density at radius 3 is 2.50 bits per heavy atom. The lowest BCUT2D eigenvalue weighted by Crippen LogP contribution is -2.35. The number of likely N-dealkylation sites (tertiary alicyclic amines) is 1. The molecule has 2 amide bonds. The van der Waals surface area contributed by atoms with Gasteiger partial charge in [0.1, 0.15) is 0 Å². The Hall–Kier alpha value is -2.09. The molecule has 0 spiro atoms. The number of amides is 2. The van der Waals surface area contributed by atoms with Crippen LogP contribution in [0.4, 0.5) is 5.69 Å². The van der Waals surface area contributed by atoms with Crippen LogP contribution >= 0.6 is 11.8 Å². The first-order valence-corrected chi connectivity index (χ1v) is 8.82. The first kappa shape index (κ1) is 18.3. The number of rotatable bonds is 7. The van der Waals surface area contributed by atoms with Crippen molar-refractivity contribution in [2.75, 3.05) is 19.6 Å². The minimum absolute atomic E-state index is 0.0249. The number of nitrogens with one attached hydrogen (secondary N) is 1. The lowest BCUT2D eigenvalue weighted by molar-refractivity contribution is -0.384. The van der Waals surface area contributed by atoms with Gasteiger partial charge in [0.2, 0.25) is 11.8 Å². The quantitative estimate of drug-likeness (QED) is 0.462. The van der Waals surface area contributed by atoms with E-state index in [9.17, 15) is 19.7 Å². The van der Waals surface area contributed by atoms with Gasteiger partial charge in [-0.15, -0.1) is 11.8 Å². The second kappa shape index (κ2) is 8.68. The normalized spacial score (nSPS) is 15.1. The third kappa shape index (κ3) is 5.23. The molecule has 0 aromatic heterocycles. The molecule has 24 heavy (non-hydrogen) atoms. The van der Waals surface area contributed by atoms with Crippen molar-refractivity contribution in [2.45, 2.75) is 36.3 Å². The van der Waals surface area contributed by atoms with Crippen molar-refractivity contribution in [1.82, 2.24) is 10.2 Å². The van der Waals surface area contributed by atoms with Crippen LogP contribution in [0.1, 0.15) is 26.2 Å². The highest BCUT2D eigenvalue weighted by molar-refractivity contribution is 8.00.